The van der Waals surface area contributed by atoms with Gasteiger partial charge in [-0.1, -0.05) is 38.5 Å². The summed E-state index contributed by atoms with van der Waals surface area (Å²) in [5.74, 6) is -0.171. The molecule has 25 heavy (non-hydrogen) atoms. The Hall–Kier alpha value is -1.47. The monoisotopic (exact) mass is 352 g/mol. The van der Waals surface area contributed by atoms with Crippen LogP contribution in [0.15, 0.2) is 4.99 Å². The second-order valence-electron chi connectivity index (χ2n) is 7.23. The third-order valence-electron chi connectivity index (χ3n) is 4.78. The van der Waals surface area contributed by atoms with E-state index in [9.17, 15) is 14.7 Å². The number of aliphatic hydroxyl groups is 1. The maximum absolute atomic E-state index is 12.5. The Kier molecular flexibility index (Phi) is 7.84. The number of hydrogen-bond donors (Lipinski definition) is 3. The van der Waals surface area contributed by atoms with E-state index in [1.54, 1.807) is 6.21 Å². The van der Waals surface area contributed by atoms with Gasteiger partial charge in [-0.3, -0.25) is 20.0 Å². The van der Waals surface area contributed by atoms with E-state index in [0.29, 0.717) is 6.54 Å². The van der Waals surface area contributed by atoms with Crippen LogP contribution in [-0.2, 0) is 4.79 Å². The average Bonchev–Trinajstić information content (AvgIpc) is 2.56. The molecule has 0 aromatic carbocycles. The summed E-state index contributed by atoms with van der Waals surface area (Å²) in [5, 5.41) is 15.2. The van der Waals surface area contributed by atoms with Crippen molar-refractivity contribution < 1.29 is 14.7 Å². The molecule has 7 heteroatoms. The van der Waals surface area contributed by atoms with E-state index in [4.69, 9.17) is 0 Å². The zero-order chi connectivity index (χ0) is 18.2. The number of urea groups is 1. The lowest BCUT2D eigenvalue weighted by molar-refractivity contribution is -0.133. The topological polar surface area (TPSA) is 94.0 Å². The largest absolute Gasteiger partial charge is 0.393 e. The predicted molar refractivity (Wildman–Crippen MR) is 97.5 cm³/mol. The summed E-state index contributed by atoms with van der Waals surface area (Å²) in [7, 11) is 0. The standard InChI is InChI=1S/C18H32N4O3/c1-13-12-19-16-15(20-13)17(24)22(18(25)21-16)11-9-7-5-3-4-6-8-10-14(2)23/h12-16,20,23H,3-11H2,1-2H3,(H,21,25). The van der Waals surface area contributed by atoms with E-state index < -0.39 is 12.2 Å². The van der Waals surface area contributed by atoms with Crippen molar-refractivity contribution in [1.82, 2.24) is 15.5 Å². The summed E-state index contributed by atoms with van der Waals surface area (Å²) in [5.41, 5.74) is 0. The Balaban J connectivity index is 1.61. The van der Waals surface area contributed by atoms with Gasteiger partial charge in [0.1, 0.15) is 12.2 Å². The third kappa shape index (κ3) is 6.08. The van der Waals surface area contributed by atoms with Gasteiger partial charge >= 0.3 is 6.03 Å². The van der Waals surface area contributed by atoms with Crippen LogP contribution in [0.25, 0.3) is 0 Å². The van der Waals surface area contributed by atoms with Gasteiger partial charge in [0, 0.05) is 18.8 Å². The van der Waals surface area contributed by atoms with Crippen molar-refractivity contribution in [2.75, 3.05) is 6.54 Å². The summed E-state index contributed by atoms with van der Waals surface area (Å²) >= 11 is 0. The molecule has 2 heterocycles. The van der Waals surface area contributed by atoms with Gasteiger partial charge in [0.25, 0.3) is 5.91 Å². The molecule has 4 atom stereocenters. The van der Waals surface area contributed by atoms with Crippen molar-refractivity contribution in [2.45, 2.75) is 89.6 Å². The molecule has 7 nitrogen and oxygen atoms in total. The van der Waals surface area contributed by atoms with Crippen LogP contribution in [0.5, 0.6) is 0 Å². The van der Waals surface area contributed by atoms with E-state index in [-0.39, 0.29) is 24.1 Å². The highest BCUT2D eigenvalue weighted by atomic mass is 16.3. The van der Waals surface area contributed by atoms with E-state index >= 15 is 0 Å². The van der Waals surface area contributed by atoms with Gasteiger partial charge in [0.2, 0.25) is 0 Å². The van der Waals surface area contributed by atoms with Gasteiger partial charge in [0.15, 0.2) is 0 Å². The molecule has 0 radical (unpaired) electrons. The first-order valence-electron chi connectivity index (χ1n) is 9.58. The number of imide groups is 1. The van der Waals surface area contributed by atoms with Gasteiger partial charge in [-0.2, -0.15) is 0 Å². The number of amides is 3. The van der Waals surface area contributed by atoms with Gasteiger partial charge in [-0.15, -0.1) is 0 Å². The molecule has 4 unspecified atom stereocenters. The Labute approximate surface area is 150 Å². The fourth-order valence-electron chi connectivity index (χ4n) is 3.33. The van der Waals surface area contributed by atoms with Crippen molar-refractivity contribution in [3.63, 3.8) is 0 Å². The lowest BCUT2D eigenvalue weighted by Crippen LogP contribution is -2.69. The minimum Gasteiger partial charge on any atom is -0.393 e. The first-order valence-corrected chi connectivity index (χ1v) is 9.58. The molecule has 0 aromatic heterocycles. The molecule has 0 saturated carbocycles. The molecule has 1 fully saturated rings. The fourth-order valence-corrected chi connectivity index (χ4v) is 3.33. The molecule has 2 aliphatic heterocycles. The van der Waals surface area contributed by atoms with Crippen LogP contribution in [0.1, 0.15) is 65.2 Å². The molecule has 3 amide bonds. The van der Waals surface area contributed by atoms with Gasteiger partial charge in [-0.25, -0.2) is 4.79 Å². The van der Waals surface area contributed by atoms with E-state index in [2.05, 4.69) is 15.6 Å². The number of nitrogens with zero attached hydrogens (tertiary/aromatic N) is 2. The number of rotatable bonds is 10. The molecular formula is C18H32N4O3. The van der Waals surface area contributed by atoms with Crippen molar-refractivity contribution >= 4 is 18.2 Å². The summed E-state index contributed by atoms with van der Waals surface area (Å²) in [6, 6.07) is -0.750. The third-order valence-corrected chi connectivity index (χ3v) is 4.78. The van der Waals surface area contributed by atoms with Crippen LogP contribution in [0.3, 0.4) is 0 Å². The van der Waals surface area contributed by atoms with Crippen molar-refractivity contribution in [2.24, 2.45) is 4.99 Å². The lowest BCUT2D eigenvalue weighted by atomic mass is 10.1. The number of hydrogen-bond acceptors (Lipinski definition) is 5. The van der Waals surface area contributed by atoms with Crippen LogP contribution in [0, 0.1) is 0 Å². The molecule has 3 N–H and O–H groups in total. The number of nitrogens with one attached hydrogen (secondary N) is 2. The van der Waals surface area contributed by atoms with E-state index in [0.717, 1.165) is 38.5 Å². The highest BCUT2D eigenvalue weighted by Crippen LogP contribution is 2.15. The number of aliphatic imine (C=N–C) groups is 1. The minimum atomic E-state index is -0.478. The zero-order valence-corrected chi connectivity index (χ0v) is 15.4. The molecule has 0 aliphatic carbocycles. The van der Waals surface area contributed by atoms with Crippen molar-refractivity contribution in [3.05, 3.63) is 0 Å². The second kappa shape index (κ2) is 9.87. The number of aliphatic hydroxyl groups excluding tert-OH is 1. The normalized spacial score (nSPS) is 27.2. The molecule has 2 rings (SSSR count). The quantitative estimate of drug-likeness (QED) is 0.523. The first kappa shape index (κ1) is 19.8. The molecule has 0 aromatic rings. The number of carbonyl (C=O) groups is 2. The molecule has 2 aliphatic rings. The molecule has 142 valence electrons. The van der Waals surface area contributed by atoms with E-state index in [1.165, 1.54) is 17.7 Å². The summed E-state index contributed by atoms with van der Waals surface area (Å²) in [6.45, 7) is 4.24. The smallest absolute Gasteiger partial charge is 0.325 e. The molecular weight excluding hydrogens is 320 g/mol. The van der Waals surface area contributed by atoms with Crippen molar-refractivity contribution in [1.29, 1.82) is 0 Å². The Morgan fingerprint density at radius 2 is 1.80 bits per heavy atom. The highest BCUT2D eigenvalue weighted by Gasteiger charge is 2.42. The van der Waals surface area contributed by atoms with Crippen molar-refractivity contribution in [3.8, 4) is 0 Å². The Morgan fingerprint density at radius 3 is 2.48 bits per heavy atom. The maximum Gasteiger partial charge on any atom is 0.325 e. The molecule has 1 saturated heterocycles. The Bertz CT molecular complexity index is 481. The van der Waals surface area contributed by atoms with Crippen LogP contribution in [0.4, 0.5) is 4.79 Å². The lowest BCUT2D eigenvalue weighted by Gasteiger charge is -2.39. The second-order valence-corrected chi connectivity index (χ2v) is 7.23. The van der Waals surface area contributed by atoms with Crippen LogP contribution in [-0.4, -0.2) is 59.1 Å². The SMILES string of the molecule is CC(O)CCCCCCCCCN1C(=O)NC2N=CC(C)NC2C1=O. The zero-order valence-electron chi connectivity index (χ0n) is 15.4. The molecule has 0 bridgehead atoms. The number of fused-ring (bicyclic) bond motifs is 1. The van der Waals surface area contributed by atoms with Crippen LogP contribution in [0.2, 0.25) is 0 Å². The summed E-state index contributed by atoms with van der Waals surface area (Å²) in [4.78, 5) is 30.2. The van der Waals surface area contributed by atoms with Gasteiger partial charge < -0.3 is 10.4 Å². The molecule has 0 spiro atoms. The van der Waals surface area contributed by atoms with Gasteiger partial charge in [0.05, 0.1) is 6.10 Å². The first-order chi connectivity index (χ1) is 12.0. The predicted octanol–water partition coefficient (Wildman–Crippen LogP) is 1.80. The van der Waals surface area contributed by atoms with Crippen LogP contribution < -0.4 is 10.6 Å². The average molecular weight is 352 g/mol. The van der Waals surface area contributed by atoms with E-state index in [1.807, 2.05) is 13.8 Å². The number of carbonyl (C=O) groups excluding carboxylic acids is 2. The van der Waals surface area contributed by atoms with Crippen LogP contribution >= 0.6 is 0 Å². The fraction of sp³-hybridized carbons (Fsp3) is 0.833. The summed E-state index contributed by atoms with van der Waals surface area (Å²) in [6.07, 6.45) is 9.49. The maximum atomic E-state index is 12.5. The number of unbranched alkanes of at least 4 members (excludes halogenated alkanes) is 6. The Morgan fingerprint density at radius 1 is 1.16 bits per heavy atom. The highest BCUT2D eigenvalue weighted by molar-refractivity contribution is 6.01. The summed E-state index contributed by atoms with van der Waals surface area (Å²) < 4.78 is 0. The minimum absolute atomic E-state index is 0.0378. The van der Waals surface area contributed by atoms with Gasteiger partial charge in [-0.05, 0) is 26.7 Å².